The molecule has 5 nitrogen and oxygen atoms in total. The number of hydrogen-bond donors (Lipinski definition) is 1. The van der Waals surface area contributed by atoms with Crippen molar-refractivity contribution in [2.45, 2.75) is 64.3 Å². The molecule has 1 heterocycles. The van der Waals surface area contributed by atoms with Gasteiger partial charge in [0.05, 0.1) is 23.4 Å². The van der Waals surface area contributed by atoms with Crippen LogP contribution in [0.5, 0.6) is 0 Å². The van der Waals surface area contributed by atoms with E-state index in [1.54, 1.807) is 0 Å². The summed E-state index contributed by atoms with van der Waals surface area (Å²) in [6, 6.07) is 0. The van der Waals surface area contributed by atoms with Crippen molar-refractivity contribution in [1.82, 2.24) is 15.1 Å². The zero-order valence-corrected chi connectivity index (χ0v) is 15.1. The van der Waals surface area contributed by atoms with E-state index in [1.165, 1.54) is 4.68 Å². The largest absolute Gasteiger partial charge is 0.436 e. The van der Waals surface area contributed by atoms with Crippen molar-refractivity contribution >= 4 is 17.5 Å². The predicted octanol–water partition coefficient (Wildman–Crippen LogP) is 3.75. The number of nitrogens with zero attached hydrogens (tertiary/aromatic N) is 2. The lowest BCUT2D eigenvalue weighted by Gasteiger charge is -2.09. The van der Waals surface area contributed by atoms with Gasteiger partial charge in [0, 0.05) is 25.5 Å². The Labute approximate surface area is 149 Å². The average molecular weight is 382 g/mol. The Hall–Kier alpha value is -1.28. The van der Waals surface area contributed by atoms with Crippen LogP contribution in [0.1, 0.15) is 56.8 Å². The van der Waals surface area contributed by atoms with Crippen molar-refractivity contribution in [3.8, 4) is 0 Å². The fourth-order valence-electron chi connectivity index (χ4n) is 2.47. The van der Waals surface area contributed by atoms with Crippen LogP contribution < -0.4 is 5.32 Å². The standard InChI is InChI=1S/C16H23ClF3N3O2/c1-10(2)25-9-3-7-21-12(24)6-8-23-14(11-4-5-11)13(17)15(22-23)16(18,19)20/h10-11H,3-9H2,1-2H3,(H,21,24). The van der Waals surface area contributed by atoms with Crippen molar-refractivity contribution in [2.24, 2.45) is 0 Å². The Bertz CT molecular complexity index is 598. The summed E-state index contributed by atoms with van der Waals surface area (Å²) in [4.78, 5) is 11.9. The molecule has 0 radical (unpaired) electrons. The third-order valence-electron chi connectivity index (χ3n) is 3.81. The molecule has 142 valence electrons. The quantitative estimate of drug-likeness (QED) is 0.663. The first kappa shape index (κ1) is 20.0. The number of ether oxygens (including phenoxy) is 1. The monoisotopic (exact) mass is 381 g/mol. The summed E-state index contributed by atoms with van der Waals surface area (Å²) in [7, 11) is 0. The molecule has 9 heteroatoms. The smallest absolute Gasteiger partial charge is 0.379 e. The van der Waals surface area contributed by atoms with Crippen LogP contribution >= 0.6 is 11.6 Å². The van der Waals surface area contributed by atoms with Crippen molar-refractivity contribution < 1.29 is 22.7 Å². The van der Waals surface area contributed by atoms with Gasteiger partial charge in [-0.25, -0.2) is 0 Å². The lowest BCUT2D eigenvalue weighted by molar-refractivity contribution is -0.141. The molecule has 0 aliphatic heterocycles. The number of rotatable bonds is 9. The molecule has 0 aromatic carbocycles. The Kier molecular flexibility index (Phi) is 6.73. The van der Waals surface area contributed by atoms with Gasteiger partial charge in [-0.15, -0.1) is 0 Å². The van der Waals surface area contributed by atoms with Crippen molar-refractivity contribution in [3.63, 3.8) is 0 Å². The molecule has 1 N–H and O–H groups in total. The molecule has 1 aromatic heterocycles. The summed E-state index contributed by atoms with van der Waals surface area (Å²) in [5, 5.41) is 6.00. The van der Waals surface area contributed by atoms with Crippen LogP contribution in [0.3, 0.4) is 0 Å². The Morgan fingerprint density at radius 2 is 2.12 bits per heavy atom. The maximum Gasteiger partial charge on any atom is 0.436 e. The summed E-state index contributed by atoms with van der Waals surface area (Å²) >= 11 is 5.89. The molecule has 0 unspecified atom stereocenters. The van der Waals surface area contributed by atoms with Gasteiger partial charge in [0.1, 0.15) is 0 Å². The number of hydrogen-bond acceptors (Lipinski definition) is 3. The minimum Gasteiger partial charge on any atom is -0.379 e. The Balaban J connectivity index is 1.87. The molecule has 1 amide bonds. The van der Waals surface area contributed by atoms with Gasteiger partial charge in [0.25, 0.3) is 0 Å². The SMILES string of the molecule is CC(C)OCCCNC(=O)CCn1nc(C(F)(F)F)c(Cl)c1C1CC1. The molecule has 1 fully saturated rings. The summed E-state index contributed by atoms with van der Waals surface area (Å²) in [5.41, 5.74) is -0.672. The molecule has 1 saturated carbocycles. The van der Waals surface area contributed by atoms with E-state index in [2.05, 4.69) is 10.4 Å². The van der Waals surface area contributed by atoms with Gasteiger partial charge in [-0.1, -0.05) is 11.6 Å². The zero-order chi connectivity index (χ0) is 18.6. The summed E-state index contributed by atoms with van der Waals surface area (Å²) in [5.74, 6) is -0.223. The van der Waals surface area contributed by atoms with Crippen LogP contribution in [0, 0.1) is 0 Å². The number of halogens is 4. The van der Waals surface area contributed by atoms with Gasteiger partial charge >= 0.3 is 6.18 Å². The highest BCUT2D eigenvalue weighted by Crippen LogP contribution is 2.46. The molecule has 0 saturated heterocycles. The second-order valence-corrected chi connectivity index (χ2v) is 6.79. The Morgan fingerprint density at radius 1 is 1.44 bits per heavy atom. The third-order valence-corrected chi connectivity index (χ3v) is 4.18. The number of aryl methyl sites for hydroxylation is 1. The first-order valence-corrected chi connectivity index (χ1v) is 8.79. The number of carbonyl (C=O) groups excluding carboxylic acids is 1. The average Bonchev–Trinajstić information content (AvgIpc) is 3.27. The summed E-state index contributed by atoms with van der Waals surface area (Å²) < 4.78 is 45.5. The summed E-state index contributed by atoms with van der Waals surface area (Å²) in [6.45, 7) is 4.96. The molecular formula is C16H23ClF3N3O2. The maximum atomic E-state index is 13.0. The first-order valence-electron chi connectivity index (χ1n) is 8.41. The minimum absolute atomic E-state index is 0.00680. The fraction of sp³-hybridized carbons (Fsp3) is 0.750. The van der Waals surface area contributed by atoms with Crippen LogP contribution in [-0.4, -0.2) is 34.9 Å². The van der Waals surface area contributed by atoms with E-state index in [9.17, 15) is 18.0 Å². The lowest BCUT2D eigenvalue weighted by atomic mass is 10.2. The van der Waals surface area contributed by atoms with E-state index in [1.807, 2.05) is 13.8 Å². The van der Waals surface area contributed by atoms with Crippen LogP contribution in [0.4, 0.5) is 13.2 Å². The molecule has 0 bridgehead atoms. The fourth-order valence-corrected chi connectivity index (χ4v) is 2.86. The van der Waals surface area contributed by atoms with Gasteiger partial charge < -0.3 is 10.1 Å². The highest BCUT2D eigenvalue weighted by molar-refractivity contribution is 6.32. The van der Waals surface area contributed by atoms with Gasteiger partial charge in [0.15, 0.2) is 5.69 Å². The molecule has 1 aliphatic rings. The molecule has 25 heavy (non-hydrogen) atoms. The van der Waals surface area contributed by atoms with Crippen LogP contribution in [0.25, 0.3) is 0 Å². The summed E-state index contributed by atoms with van der Waals surface area (Å²) in [6.07, 6.45) is -2.12. The molecule has 2 rings (SSSR count). The second kappa shape index (κ2) is 8.40. The predicted molar refractivity (Wildman–Crippen MR) is 87.5 cm³/mol. The van der Waals surface area contributed by atoms with Gasteiger partial charge in [0.2, 0.25) is 5.91 Å². The Morgan fingerprint density at radius 3 is 2.68 bits per heavy atom. The van der Waals surface area contributed by atoms with E-state index in [4.69, 9.17) is 16.3 Å². The molecule has 0 atom stereocenters. The number of alkyl halides is 3. The normalized spacial score (nSPS) is 15.0. The lowest BCUT2D eigenvalue weighted by Crippen LogP contribution is -2.26. The topological polar surface area (TPSA) is 56.1 Å². The minimum atomic E-state index is -4.59. The van der Waals surface area contributed by atoms with E-state index >= 15 is 0 Å². The first-order chi connectivity index (χ1) is 11.7. The number of aromatic nitrogens is 2. The third kappa shape index (κ3) is 5.88. The van der Waals surface area contributed by atoms with Crippen molar-refractivity contribution in [2.75, 3.05) is 13.2 Å². The van der Waals surface area contributed by atoms with Crippen LogP contribution in [0.15, 0.2) is 0 Å². The van der Waals surface area contributed by atoms with Gasteiger partial charge in [-0.05, 0) is 33.1 Å². The van der Waals surface area contributed by atoms with E-state index in [0.717, 1.165) is 12.8 Å². The highest BCUT2D eigenvalue weighted by Gasteiger charge is 2.41. The van der Waals surface area contributed by atoms with E-state index in [-0.39, 0.29) is 35.9 Å². The van der Waals surface area contributed by atoms with Crippen molar-refractivity contribution in [1.29, 1.82) is 0 Å². The molecular weight excluding hydrogens is 359 g/mol. The van der Waals surface area contributed by atoms with Gasteiger partial charge in [-0.3, -0.25) is 9.48 Å². The van der Waals surface area contributed by atoms with Gasteiger partial charge in [-0.2, -0.15) is 18.3 Å². The molecule has 1 aromatic rings. The van der Waals surface area contributed by atoms with Crippen LogP contribution in [0.2, 0.25) is 5.02 Å². The van der Waals surface area contributed by atoms with E-state index < -0.39 is 11.9 Å². The molecule has 1 aliphatic carbocycles. The van der Waals surface area contributed by atoms with Crippen molar-refractivity contribution in [3.05, 3.63) is 16.4 Å². The number of nitrogens with one attached hydrogen (secondary N) is 1. The van der Waals surface area contributed by atoms with Crippen LogP contribution in [-0.2, 0) is 22.3 Å². The van der Waals surface area contributed by atoms with E-state index in [0.29, 0.717) is 25.3 Å². The number of amides is 1. The maximum absolute atomic E-state index is 13.0. The molecule has 0 spiro atoms. The highest BCUT2D eigenvalue weighted by atomic mass is 35.5. The number of carbonyl (C=O) groups is 1. The zero-order valence-electron chi connectivity index (χ0n) is 14.3. The second-order valence-electron chi connectivity index (χ2n) is 6.42.